The van der Waals surface area contributed by atoms with Gasteiger partial charge >= 0.3 is 0 Å². The number of alkyl halides is 2. The van der Waals surface area contributed by atoms with Crippen LogP contribution in [0.25, 0.3) is 0 Å². The van der Waals surface area contributed by atoms with Crippen molar-refractivity contribution in [3.8, 4) is 0 Å². The number of nitrogens with zero attached hydrogens (tertiary/aromatic N) is 3. The highest BCUT2D eigenvalue weighted by Gasteiger charge is 2.19. The Morgan fingerprint density at radius 2 is 2.25 bits per heavy atom. The zero-order valence-corrected chi connectivity index (χ0v) is 12.1. The van der Waals surface area contributed by atoms with E-state index in [0.29, 0.717) is 17.1 Å². The van der Waals surface area contributed by atoms with Crippen LogP contribution in [0.1, 0.15) is 12.6 Å². The lowest BCUT2D eigenvalue weighted by Gasteiger charge is -2.04. The molecule has 2 aromatic heterocycles. The Kier molecular flexibility index (Phi) is 4.33. The van der Waals surface area contributed by atoms with Crippen molar-refractivity contribution in [3.05, 3.63) is 23.6 Å². The lowest BCUT2D eigenvalue weighted by atomic mass is 10.4. The van der Waals surface area contributed by atoms with Gasteiger partial charge in [0, 0.05) is 6.20 Å². The lowest BCUT2D eigenvalue weighted by Crippen LogP contribution is -2.13. The molecule has 10 heteroatoms. The number of hydrogen-bond donors (Lipinski definition) is 1. The van der Waals surface area contributed by atoms with Crippen LogP contribution in [0.3, 0.4) is 0 Å². The molecule has 0 bridgehead atoms. The molecule has 0 atom stereocenters. The summed E-state index contributed by atoms with van der Waals surface area (Å²) in [6.45, 7) is 1.21. The Morgan fingerprint density at radius 3 is 2.90 bits per heavy atom. The third-order valence-electron chi connectivity index (χ3n) is 2.45. The molecular weight excluding hydrogens is 310 g/mol. The third-order valence-corrected chi connectivity index (χ3v) is 4.67. The van der Waals surface area contributed by atoms with Crippen LogP contribution in [-0.2, 0) is 23.0 Å². The lowest BCUT2D eigenvalue weighted by molar-refractivity contribution is 0.121. The van der Waals surface area contributed by atoms with Crippen molar-refractivity contribution in [1.29, 1.82) is 0 Å². The topological polar surface area (TPSA) is 76.9 Å². The summed E-state index contributed by atoms with van der Waals surface area (Å²) in [6, 6.07) is 0. The van der Waals surface area contributed by atoms with E-state index in [4.69, 9.17) is 0 Å². The van der Waals surface area contributed by atoms with E-state index in [1.165, 1.54) is 5.51 Å². The average molecular weight is 322 g/mol. The number of aromatic nitrogens is 3. The van der Waals surface area contributed by atoms with Crippen molar-refractivity contribution in [2.24, 2.45) is 0 Å². The van der Waals surface area contributed by atoms with E-state index >= 15 is 0 Å². The Morgan fingerprint density at radius 1 is 1.50 bits per heavy atom. The van der Waals surface area contributed by atoms with Gasteiger partial charge in [0.25, 0.3) is 16.4 Å². The summed E-state index contributed by atoms with van der Waals surface area (Å²) in [4.78, 5) is 3.87. The number of hydrogen-bond acceptors (Lipinski definition) is 5. The smallest absolute Gasteiger partial charge is 0.265 e. The summed E-state index contributed by atoms with van der Waals surface area (Å²) in [5.74, 6) is 0. The molecule has 0 aliphatic rings. The van der Waals surface area contributed by atoms with E-state index in [1.807, 2.05) is 6.92 Å². The molecule has 0 saturated heterocycles. The zero-order valence-electron chi connectivity index (χ0n) is 10.5. The van der Waals surface area contributed by atoms with Crippen molar-refractivity contribution in [3.63, 3.8) is 0 Å². The van der Waals surface area contributed by atoms with Gasteiger partial charge in [0.1, 0.15) is 16.4 Å². The molecule has 2 rings (SSSR count). The Balaban J connectivity index is 2.20. The number of halogens is 2. The quantitative estimate of drug-likeness (QED) is 0.882. The van der Waals surface area contributed by atoms with E-state index in [2.05, 4.69) is 14.8 Å². The molecule has 0 aliphatic heterocycles. The Bertz CT molecular complexity index is 681. The number of rotatable bonds is 6. The summed E-state index contributed by atoms with van der Waals surface area (Å²) in [5.41, 5.74) is 2.18. The first-order valence-corrected chi connectivity index (χ1v) is 8.04. The number of nitrogens with one attached hydrogen (secondary N) is 1. The monoisotopic (exact) mass is 322 g/mol. The van der Waals surface area contributed by atoms with Crippen LogP contribution in [0, 0.1) is 0 Å². The molecule has 0 aliphatic carbocycles. The molecule has 0 unspecified atom stereocenters. The van der Waals surface area contributed by atoms with Crippen molar-refractivity contribution < 1.29 is 17.2 Å². The van der Waals surface area contributed by atoms with Gasteiger partial charge in [0.15, 0.2) is 0 Å². The maximum atomic E-state index is 12.2. The first kappa shape index (κ1) is 14.9. The van der Waals surface area contributed by atoms with Crippen LogP contribution in [-0.4, -0.2) is 29.6 Å². The van der Waals surface area contributed by atoms with E-state index < -0.39 is 23.0 Å². The van der Waals surface area contributed by atoms with Crippen LogP contribution in [0.15, 0.2) is 22.8 Å². The Labute approximate surface area is 118 Å². The molecule has 0 amide bonds. The molecule has 0 saturated carbocycles. The van der Waals surface area contributed by atoms with Gasteiger partial charge in [-0.2, -0.15) is 5.10 Å². The fourth-order valence-corrected chi connectivity index (χ4v) is 3.58. The first-order valence-electron chi connectivity index (χ1n) is 5.68. The predicted octanol–water partition coefficient (Wildman–Crippen LogP) is 1.97. The second-order valence-electron chi connectivity index (χ2n) is 3.88. The number of aryl methyl sites for hydroxylation is 1. The summed E-state index contributed by atoms with van der Waals surface area (Å²) in [6.07, 6.45) is 0.108. The molecule has 0 radical (unpaired) electrons. The van der Waals surface area contributed by atoms with Gasteiger partial charge < -0.3 is 0 Å². The summed E-state index contributed by atoms with van der Waals surface area (Å²) in [7, 11) is -3.84. The number of thiazole rings is 1. The predicted molar refractivity (Wildman–Crippen MR) is 70.5 cm³/mol. The Hall–Kier alpha value is -1.55. The van der Waals surface area contributed by atoms with Crippen molar-refractivity contribution >= 4 is 26.4 Å². The maximum Gasteiger partial charge on any atom is 0.265 e. The van der Waals surface area contributed by atoms with E-state index in [-0.39, 0.29) is 4.90 Å². The van der Waals surface area contributed by atoms with Crippen LogP contribution in [0.4, 0.5) is 13.8 Å². The molecular formula is C10H12F2N4O2S2. The molecule has 2 heterocycles. The normalized spacial score (nSPS) is 12.0. The standard InChI is InChI=1S/C10H12F2N4O2S2/c1-2-8-10(19-6-13-8)15-20(17,18)7-3-14-16(4-7)5-9(11)12/h3-4,6,9,15H,2,5H2,1H3. The second-order valence-corrected chi connectivity index (χ2v) is 6.41. The SMILES string of the molecule is CCc1ncsc1NS(=O)(=O)c1cnn(CC(F)F)c1. The molecule has 0 fully saturated rings. The fourth-order valence-electron chi connectivity index (χ4n) is 1.51. The second kappa shape index (κ2) is 5.83. The van der Waals surface area contributed by atoms with Gasteiger partial charge in [-0.1, -0.05) is 6.92 Å². The van der Waals surface area contributed by atoms with Gasteiger partial charge in [0.05, 0.1) is 17.4 Å². The van der Waals surface area contributed by atoms with Gasteiger partial charge in [-0.25, -0.2) is 22.2 Å². The maximum absolute atomic E-state index is 12.2. The fraction of sp³-hybridized carbons (Fsp3) is 0.400. The van der Waals surface area contributed by atoms with Crippen molar-refractivity contribution in [1.82, 2.24) is 14.8 Å². The van der Waals surface area contributed by atoms with E-state index in [9.17, 15) is 17.2 Å². The van der Waals surface area contributed by atoms with Gasteiger partial charge in [-0.15, -0.1) is 11.3 Å². The van der Waals surface area contributed by atoms with Crippen LogP contribution in [0.2, 0.25) is 0 Å². The van der Waals surface area contributed by atoms with Gasteiger partial charge in [-0.05, 0) is 6.42 Å². The highest BCUT2D eigenvalue weighted by molar-refractivity contribution is 7.93. The van der Waals surface area contributed by atoms with Crippen LogP contribution < -0.4 is 4.72 Å². The van der Waals surface area contributed by atoms with Gasteiger partial charge in [0.2, 0.25) is 0 Å². The largest absolute Gasteiger partial charge is 0.269 e. The third kappa shape index (κ3) is 3.31. The first-order chi connectivity index (χ1) is 9.42. The van der Waals surface area contributed by atoms with Crippen LogP contribution in [0.5, 0.6) is 0 Å². The van der Waals surface area contributed by atoms with Gasteiger partial charge in [-0.3, -0.25) is 9.40 Å². The van der Waals surface area contributed by atoms with Crippen molar-refractivity contribution in [2.75, 3.05) is 4.72 Å². The number of sulfonamides is 1. The van der Waals surface area contributed by atoms with Crippen LogP contribution >= 0.6 is 11.3 Å². The zero-order chi connectivity index (χ0) is 14.8. The van der Waals surface area contributed by atoms with E-state index in [1.54, 1.807) is 0 Å². The molecule has 110 valence electrons. The number of anilines is 1. The highest BCUT2D eigenvalue weighted by atomic mass is 32.2. The summed E-state index contributed by atoms with van der Waals surface area (Å²) < 4.78 is 51.9. The minimum Gasteiger partial charge on any atom is -0.269 e. The van der Waals surface area contributed by atoms with E-state index in [0.717, 1.165) is 28.4 Å². The minimum atomic E-state index is -3.84. The molecule has 20 heavy (non-hydrogen) atoms. The van der Waals surface area contributed by atoms with Crippen molar-refractivity contribution in [2.45, 2.75) is 31.2 Å². The molecule has 2 aromatic rings. The molecule has 6 nitrogen and oxygen atoms in total. The minimum absolute atomic E-state index is 0.159. The summed E-state index contributed by atoms with van der Waals surface area (Å²) in [5, 5.41) is 4.02. The highest BCUT2D eigenvalue weighted by Crippen LogP contribution is 2.24. The molecule has 0 aromatic carbocycles. The summed E-state index contributed by atoms with van der Waals surface area (Å²) >= 11 is 1.16. The molecule has 0 spiro atoms. The molecule has 1 N–H and O–H groups in total. The average Bonchev–Trinajstić information content (AvgIpc) is 2.97.